The van der Waals surface area contributed by atoms with Crippen LogP contribution >= 0.6 is 11.3 Å². The second-order valence-electron chi connectivity index (χ2n) is 6.97. The highest BCUT2D eigenvalue weighted by molar-refractivity contribution is 7.14. The van der Waals surface area contributed by atoms with Crippen molar-refractivity contribution in [3.8, 4) is 11.5 Å². The molecule has 1 aromatic carbocycles. The Hall–Kier alpha value is -3.39. The summed E-state index contributed by atoms with van der Waals surface area (Å²) in [5, 5.41) is 9.13. The van der Waals surface area contributed by atoms with Gasteiger partial charge in [0.1, 0.15) is 11.5 Å². The van der Waals surface area contributed by atoms with Crippen LogP contribution in [-0.4, -0.2) is 21.8 Å². The Kier molecular flexibility index (Phi) is 5.94. The Morgan fingerprint density at radius 1 is 1.20 bits per heavy atom. The lowest BCUT2D eigenvalue weighted by Gasteiger charge is -2.02. The first-order valence-electron chi connectivity index (χ1n) is 9.72. The molecule has 0 atom stereocenters. The van der Waals surface area contributed by atoms with E-state index in [4.69, 9.17) is 4.42 Å². The topological polar surface area (TPSA) is 100 Å². The summed E-state index contributed by atoms with van der Waals surface area (Å²) in [6.07, 6.45) is 4.04. The van der Waals surface area contributed by atoms with Crippen LogP contribution in [-0.2, 0) is 22.6 Å². The third-order valence-corrected chi connectivity index (χ3v) is 5.46. The van der Waals surface area contributed by atoms with Gasteiger partial charge in [0, 0.05) is 35.8 Å². The Balaban J connectivity index is 1.28. The standard InChI is InChI=1S/C22H22N4O3S/c1-14(27)23-12-16-9-10-20(29-16)19-13-30-22(25-19)26-21(28)8-4-5-15-11-24-18-7-3-2-6-17(15)18/h2-3,6-7,9-11,13,24H,4-5,8,12H2,1H3,(H,23,27)(H,25,26,28). The van der Waals surface area contributed by atoms with Gasteiger partial charge in [-0.05, 0) is 36.6 Å². The van der Waals surface area contributed by atoms with E-state index < -0.39 is 0 Å². The van der Waals surface area contributed by atoms with Gasteiger partial charge in [0.05, 0.1) is 6.54 Å². The van der Waals surface area contributed by atoms with Crippen LogP contribution < -0.4 is 10.6 Å². The second kappa shape index (κ2) is 8.96. The first-order valence-corrected chi connectivity index (χ1v) is 10.6. The van der Waals surface area contributed by atoms with Crippen LogP contribution in [0.3, 0.4) is 0 Å². The number of hydrogen-bond donors (Lipinski definition) is 3. The van der Waals surface area contributed by atoms with Crippen molar-refractivity contribution in [2.45, 2.75) is 32.7 Å². The Morgan fingerprint density at radius 2 is 2.07 bits per heavy atom. The molecule has 3 N–H and O–H groups in total. The highest BCUT2D eigenvalue weighted by atomic mass is 32.1. The summed E-state index contributed by atoms with van der Waals surface area (Å²) in [4.78, 5) is 31.0. The lowest BCUT2D eigenvalue weighted by Crippen LogP contribution is -2.18. The SMILES string of the molecule is CC(=O)NCc1ccc(-c2csc(NC(=O)CCCc3c[nH]c4ccccc34)n2)o1. The van der Waals surface area contributed by atoms with Crippen LogP contribution in [0, 0.1) is 0 Å². The van der Waals surface area contributed by atoms with Gasteiger partial charge < -0.3 is 20.0 Å². The maximum atomic E-state index is 12.3. The van der Waals surface area contributed by atoms with Gasteiger partial charge in [-0.2, -0.15) is 0 Å². The van der Waals surface area contributed by atoms with Crippen LogP contribution in [0.5, 0.6) is 0 Å². The third kappa shape index (κ3) is 4.77. The predicted octanol–water partition coefficient (Wildman–Crippen LogP) is 4.48. The molecule has 0 unspecified atom stereocenters. The molecule has 8 heteroatoms. The zero-order chi connectivity index (χ0) is 20.9. The van der Waals surface area contributed by atoms with Crippen LogP contribution in [0.25, 0.3) is 22.4 Å². The number of rotatable bonds is 8. The number of anilines is 1. The first-order chi connectivity index (χ1) is 14.6. The van der Waals surface area contributed by atoms with Gasteiger partial charge in [-0.3, -0.25) is 9.59 Å². The molecule has 4 aromatic rings. The number of para-hydroxylation sites is 1. The number of furan rings is 1. The van der Waals surface area contributed by atoms with Crippen molar-refractivity contribution >= 4 is 39.2 Å². The average Bonchev–Trinajstić information content (AvgIpc) is 3.46. The summed E-state index contributed by atoms with van der Waals surface area (Å²) in [5.74, 6) is 1.08. The molecule has 0 aliphatic heterocycles. The third-order valence-electron chi connectivity index (χ3n) is 4.70. The lowest BCUT2D eigenvalue weighted by molar-refractivity contribution is -0.119. The Labute approximate surface area is 177 Å². The highest BCUT2D eigenvalue weighted by Crippen LogP contribution is 2.27. The van der Waals surface area contributed by atoms with Crippen molar-refractivity contribution in [1.29, 1.82) is 0 Å². The number of amides is 2. The molecule has 7 nitrogen and oxygen atoms in total. The molecular formula is C22H22N4O3S. The van der Waals surface area contributed by atoms with Crippen LogP contribution in [0.15, 0.2) is 52.4 Å². The molecule has 154 valence electrons. The minimum atomic E-state index is -0.115. The van der Waals surface area contributed by atoms with E-state index in [1.165, 1.54) is 29.2 Å². The van der Waals surface area contributed by atoms with Gasteiger partial charge in [0.25, 0.3) is 0 Å². The quantitative estimate of drug-likeness (QED) is 0.390. The highest BCUT2D eigenvalue weighted by Gasteiger charge is 2.12. The van der Waals surface area contributed by atoms with Crippen molar-refractivity contribution in [2.75, 3.05) is 5.32 Å². The van der Waals surface area contributed by atoms with Crippen molar-refractivity contribution in [2.24, 2.45) is 0 Å². The zero-order valence-corrected chi connectivity index (χ0v) is 17.3. The number of H-pyrrole nitrogens is 1. The number of aromatic amines is 1. The smallest absolute Gasteiger partial charge is 0.226 e. The molecule has 0 radical (unpaired) electrons. The number of thiazole rings is 1. The van der Waals surface area contributed by atoms with E-state index in [-0.39, 0.29) is 11.8 Å². The number of fused-ring (bicyclic) bond motifs is 1. The summed E-state index contributed by atoms with van der Waals surface area (Å²) in [7, 11) is 0. The van der Waals surface area contributed by atoms with Crippen LogP contribution in [0.4, 0.5) is 5.13 Å². The van der Waals surface area contributed by atoms with Gasteiger partial charge in [-0.1, -0.05) is 18.2 Å². The van der Waals surface area contributed by atoms with E-state index >= 15 is 0 Å². The minimum absolute atomic E-state index is 0.0541. The summed E-state index contributed by atoms with van der Waals surface area (Å²) in [5.41, 5.74) is 3.00. The lowest BCUT2D eigenvalue weighted by atomic mass is 10.1. The van der Waals surface area contributed by atoms with Gasteiger partial charge >= 0.3 is 0 Å². The molecule has 2 amide bonds. The number of carbonyl (C=O) groups is 2. The van der Waals surface area contributed by atoms with E-state index in [0.29, 0.717) is 35.3 Å². The number of hydrogen-bond acceptors (Lipinski definition) is 5. The average molecular weight is 423 g/mol. The molecule has 3 aromatic heterocycles. The number of carbonyl (C=O) groups excluding carboxylic acids is 2. The molecule has 0 saturated carbocycles. The molecule has 0 spiro atoms. The van der Waals surface area contributed by atoms with Gasteiger partial charge in [-0.25, -0.2) is 4.98 Å². The molecule has 30 heavy (non-hydrogen) atoms. The number of aryl methyl sites for hydroxylation is 1. The summed E-state index contributed by atoms with van der Waals surface area (Å²) in [6, 6.07) is 11.8. The number of aromatic nitrogens is 2. The molecule has 0 aliphatic rings. The second-order valence-corrected chi connectivity index (χ2v) is 7.83. The summed E-state index contributed by atoms with van der Waals surface area (Å²) < 4.78 is 5.69. The fourth-order valence-corrected chi connectivity index (χ4v) is 3.94. The molecule has 0 fully saturated rings. The van der Waals surface area contributed by atoms with E-state index in [1.807, 2.05) is 29.8 Å². The maximum absolute atomic E-state index is 12.3. The van der Waals surface area contributed by atoms with E-state index in [1.54, 1.807) is 12.1 Å². The zero-order valence-electron chi connectivity index (χ0n) is 16.5. The van der Waals surface area contributed by atoms with Crippen molar-refractivity contribution < 1.29 is 14.0 Å². The van der Waals surface area contributed by atoms with E-state index in [9.17, 15) is 9.59 Å². The largest absolute Gasteiger partial charge is 0.458 e. The molecule has 0 saturated heterocycles. The predicted molar refractivity (Wildman–Crippen MR) is 117 cm³/mol. The first kappa shape index (κ1) is 19.9. The van der Waals surface area contributed by atoms with Gasteiger partial charge in [0.15, 0.2) is 10.9 Å². The molecular weight excluding hydrogens is 400 g/mol. The van der Waals surface area contributed by atoms with Crippen LogP contribution in [0.1, 0.15) is 31.1 Å². The minimum Gasteiger partial charge on any atom is -0.458 e. The summed E-state index contributed by atoms with van der Waals surface area (Å²) >= 11 is 1.36. The fourth-order valence-electron chi connectivity index (χ4n) is 3.23. The van der Waals surface area contributed by atoms with Crippen molar-refractivity contribution in [1.82, 2.24) is 15.3 Å². The summed E-state index contributed by atoms with van der Waals surface area (Å²) in [6.45, 7) is 1.79. The molecule has 4 rings (SSSR count). The van der Waals surface area contributed by atoms with Crippen LogP contribution in [0.2, 0.25) is 0 Å². The Bertz CT molecular complexity index is 1170. The van der Waals surface area contributed by atoms with Crippen molar-refractivity contribution in [3.63, 3.8) is 0 Å². The number of nitrogens with zero attached hydrogens (tertiary/aromatic N) is 1. The molecule has 0 bridgehead atoms. The van der Waals surface area contributed by atoms with Gasteiger partial charge in [-0.15, -0.1) is 11.3 Å². The molecule has 3 heterocycles. The van der Waals surface area contributed by atoms with E-state index in [2.05, 4.69) is 26.7 Å². The van der Waals surface area contributed by atoms with Gasteiger partial charge in [0.2, 0.25) is 11.8 Å². The number of benzene rings is 1. The van der Waals surface area contributed by atoms with Crippen molar-refractivity contribution in [3.05, 3.63) is 59.3 Å². The fraction of sp³-hybridized carbons (Fsp3) is 0.227. The molecule has 0 aliphatic carbocycles. The maximum Gasteiger partial charge on any atom is 0.226 e. The van der Waals surface area contributed by atoms with E-state index in [0.717, 1.165) is 18.4 Å². The normalized spacial score (nSPS) is 11.0. The Morgan fingerprint density at radius 3 is 2.93 bits per heavy atom. The monoisotopic (exact) mass is 422 g/mol. The number of nitrogens with one attached hydrogen (secondary N) is 3.